The van der Waals surface area contributed by atoms with Gasteiger partial charge in [-0.1, -0.05) is 63.2 Å². The fourth-order valence-electron chi connectivity index (χ4n) is 4.99. The Morgan fingerprint density at radius 1 is 1.05 bits per heavy atom. The quantitative estimate of drug-likeness (QED) is 0.326. The monoisotopic (exact) mass is 570 g/mol. The number of alkyl carbamates (subject to hydrolysis) is 1. The van der Waals surface area contributed by atoms with Crippen LogP contribution in [0.25, 0.3) is 0 Å². The Morgan fingerprint density at radius 3 is 2.22 bits per heavy atom. The van der Waals surface area contributed by atoms with Gasteiger partial charge in [0.15, 0.2) is 5.78 Å². The van der Waals surface area contributed by atoms with Crippen LogP contribution in [0.2, 0.25) is 0 Å². The largest absolute Gasteiger partial charge is 0.497 e. The van der Waals surface area contributed by atoms with Gasteiger partial charge < -0.3 is 19.5 Å². The number of amides is 3. The fraction of sp³-hybridized carbons (Fsp3) is 0.484. The lowest BCUT2D eigenvalue weighted by Gasteiger charge is -2.38. The van der Waals surface area contributed by atoms with Crippen LogP contribution in [0, 0.1) is 0 Å². The molecule has 0 unspecified atom stereocenters. The maximum Gasteiger partial charge on any atom is 0.417 e. The Labute approximate surface area is 240 Å². The standard InChI is InChI=1S/C31H39FN2O7/c1-7-30(8-2,9-3)41-27(37)33-25(22-16-13-17-23(19-22)39-6)31(32,24(35)18-21-14-11-10-12-15-21)26(36)34-28(38)40-20-29(34,4)5/h10-17,19,25H,7-9,18,20H2,1-6H3,(H,33,37)/t25-,31+/m1/s1. The first-order chi connectivity index (χ1) is 19.4. The first-order valence-electron chi connectivity index (χ1n) is 13.8. The highest BCUT2D eigenvalue weighted by molar-refractivity contribution is 6.15. The van der Waals surface area contributed by atoms with Gasteiger partial charge in [-0.25, -0.2) is 18.9 Å². The van der Waals surface area contributed by atoms with E-state index >= 15 is 4.39 Å². The molecule has 9 nitrogen and oxygen atoms in total. The molecule has 41 heavy (non-hydrogen) atoms. The summed E-state index contributed by atoms with van der Waals surface area (Å²) in [6.45, 7) is 8.47. The zero-order valence-corrected chi connectivity index (χ0v) is 24.5. The number of hydrogen-bond acceptors (Lipinski definition) is 7. The molecule has 3 amide bonds. The number of Topliss-reactive ketones (excluding diaryl/α,β-unsaturated/α-hetero) is 1. The summed E-state index contributed by atoms with van der Waals surface area (Å²) in [5, 5.41) is 2.48. The number of nitrogens with zero attached hydrogens (tertiary/aromatic N) is 1. The SMILES string of the molecule is CCC(CC)(CC)OC(=O)N[C@H](c1cccc(OC)c1)[C@@](F)(C(=O)Cc1ccccc1)C(=O)N1C(=O)OCC1(C)C. The predicted octanol–water partition coefficient (Wildman–Crippen LogP) is 5.71. The number of methoxy groups -OCH3 is 1. The summed E-state index contributed by atoms with van der Waals surface area (Å²) in [5.41, 5.74) is -5.00. The molecule has 1 fully saturated rings. The zero-order valence-electron chi connectivity index (χ0n) is 24.5. The number of alkyl halides is 1. The normalized spacial score (nSPS) is 16.8. The summed E-state index contributed by atoms with van der Waals surface area (Å²) < 4.78 is 33.9. The molecule has 222 valence electrons. The number of carbonyl (C=O) groups is 4. The molecule has 0 spiro atoms. The van der Waals surface area contributed by atoms with E-state index in [2.05, 4.69) is 5.32 Å². The van der Waals surface area contributed by atoms with E-state index in [0.717, 1.165) is 0 Å². The average molecular weight is 571 g/mol. The summed E-state index contributed by atoms with van der Waals surface area (Å²) in [7, 11) is 1.41. The molecule has 3 rings (SSSR count). The molecule has 2 atom stereocenters. The molecule has 0 aliphatic carbocycles. The van der Waals surface area contributed by atoms with Crippen LogP contribution >= 0.6 is 0 Å². The molecule has 1 heterocycles. The van der Waals surface area contributed by atoms with Crippen molar-refractivity contribution in [3.63, 3.8) is 0 Å². The van der Waals surface area contributed by atoms with E-state index in [-0.39, 0.29) is 12.2 Å². The zero-order chi connectivity index (χ0) is 30.4. The number of rotatable bonds is 12. The van der Waals surface area contributed by atoms with Gasteiger partial charge in [-0.05, 0) is 56.4 Å². The van der Waals surface area contributed by atoms with Crippen molar-refractivity contribution in [2.24, 2.45) is 0 Å². The maximum absolute atomic E-state index is 17.8. The molecule has 0 saturated carbocycles. The molecule has 0 radical (unpaired) electrons. The second kappa shape index (κ2) is 12.7. The highest BCUT2D eigenvalue weighted by Gasteiger charge is 2.61. The van der Waals surface area contributed by atoms with Crippen molar-refractivity contribution < 1.29 is 37.8 Å². The molecule has 1 saturated heterocycles. The lowest BCUT2D eigenvalue weighted by molar-refractivity contribution is -0.154. The summed E-state index contributed by atoms with van der Waals surface area (Å²) >= 11 is 0. The van der Waals surface area contributed by atoms with Crippen LogP contribution in [-0.2, 0) is 25.5 Å². The number of imide groups is 1. The number of hydrogen-bond donors (Lipinski definition) is 1. The summed E-state index contributed by atoms with van der Waals surface area (Å²) in [5.74, 6) is -2.28. The smallest absolute Gasteiger partial charge is 0.417 e. The molecule has 0 aromatic heterocycles. The van der Waals surface area contributed by atoms with Gasteiger partial charge >= 0.3 is 12.2 Å². The van der Waals surface area contributed by atoms with Crippen LogP contribution in [-0.4, -0.2) is 59.3 Å². The molecule has 10 heteroatoms. The van der Waals surface area contributed by atoms with E-state index < -0.39 is 53.1 Å². The maximum atomic E-state index is 17.8. The Hall–Kier alpha value is -3.95. The van der Waals surface area contributed by atoms with Crippen LogP contribution in [0.3, 0.4) is 0 Å². The number of ether oxygens (including phenoxy) is 3. The number of ketones is 1. The van der Waals surface area contributed by atoms with Crippen molar-refractivity contribution in [2.45, 2.75) is 83.2 Å². The highest BCUT2D eigenvalue weighted by Crippen LogP contribution is 2.39. The minimum absolute atomic E-state index is 0.0685. The lowest BCUT2D eigenvalue weighted by Crippen LogP contribution is -2.62. The van der Waals surface area contributed by atoms with Crippen molar-refractivity contribution in [2.75, 3.05) is 13.7 Å². The van der Waals surface area contributed by atoms with Crippen molar-refractivity contribution in [3.05, 3.63) is 65.7 Å². The topological polar surface area (TPSA) is 111 Å². The Bertz CT molecular complexity index is 1250. The molecule has 1 aliphatic rings. The third-order valence-corrected chi connectivity index (χ3v) is 7.79. The van der Waals surface area contributed by atoms with Crippen molar-refractivity contribution in [1.29, 1.82) is 0 Å². The van der Waals surface area contributed by atoms with E-state index in [1.54, 1.807) is 42.5 Å². The van der Waals surface area contributed by atoms with Crippen molar-refractivity contribution >= 4 is 23.9 Å². The van der Waals surface area contributed by atoms with Gasteiger partial charge in [0.05, 0.1) is 12.6 Å². The molecule has 0 bridgehead atoms. The van der Waals surface area contributed by atoms with Crippen LogP contribution in [0.4, 0.5) is 14.0 Å². The molecular weight excluding hydrogens is 531 g/mol. The Kier molecular flexibility index (Phi) is 9.78. The number of nitrogens with one attached hydrogen (secondary N) is 1. The number of carbonyl (C=O) groups excluding carboxylic acids is 4. The van der Waals surface area contributed by atoms with Gasteiger partial charge in [-0.15, -0.1) is 0 Å². The summed E-state index contributed by atoms with van der Waals surface area (Å²) in [6, 6.07) is 12.5. The van der Waals surface area contributed by atoms with Crippen molar-refractivity contribution in [3.8, 4) is 5.75 Å². The fourth-order valence-corrected chi connectivity index (χ4v) is 4.99. The van der Waals surface area contributed by atoms with E-state index in [9.17, 15) is 19.2 Å². The Morgan fingerprint density at radius 2 is 1.68 bits per heavy atom. The second-order valence-electron chi connectivity index (χ2n) is 10.8. The van der Waals surface area contributed by atoms with E-state index in [4.69, 9.17) is 14.2 Å². The van der Waals surface area contributed by atoms with Gasteiger partial charge in [0.25, 0.3) is 11.6 Å². The van der Waals surface area contributed by atoms with Crippen LogP contribution < -0.4 is 10.1 Å². The first kappa shape index (κ1) is 31.6. The summed E-state index contributed by atoms with van der Waals surface area (Å²) in [4.78, 5) is 54.8. The van der Waals surface area contributed by atoms with Gasteiger partial charge in [0, 0.05) is 6.42 Å². The van der Waals surface area contributed by atoms with Crippen LogP contribution in [0.5, 0.6) is 5.75 Å². The lowest BCUT2D eigenvalue weighted by atomic mass is 9.82. The molecule has 1 aliphatic heterocycles. The minimum Gasteiger partial charge on any atom is -0.497 e. The first-order valence-corrected chi connectivity index (χ1v) is 13.8. The predicted molar refractivity (Wildman–Crippen MR) is 150 cm³/mol. The molecule has 2 aromatic rings. The van der Waals surface area contributed by atoms with E-state index in [1.807, 2.05) is 20.8 Å². The van der Waals surface area contributed by atoms with Crippen LogP contribution in [0.15, 0.2) is 54.6 Å². The second-order valence-corrected chi connectivity index (χ2v) is 10.8. The van der Waals surface area contributed by atoms with Gasteiger partial charge in [-0.3, -0.25) is 9.59 Å². The van der Waals surface area contributed by atoms with Gasteiger partial charge in [-0.2, -0.15) is 0 Å². The third kappa shape index (κ3) is 6.52. The minimum atomic E-state index is -3.44. The van der Waals surface area contributed by atoms with Gasteiger partial charge in [0.1, 0.15) is 24.0 Å². The number of halogens is 1. The number of benzene rings is 2. The number of cyclic esters (lactones) is 1. The van der Waals surface area contributed by atoms with E-state index in [0.29, 0.717) is 35.5 Å². The van der Waals surface area contributed by atoms with Gasteiger partial charge in [0.2, 0.25) is 0 Å². The Balaban J connectivity index is 2.19. The van der Waals surface area contributed by atoms with Crippen LogP contribution in [0.1, 0.15) is 71.0 Å². The van der Waals surface area contributed by atoms with E-state index in [1.165, 1.54) is 33.1 Å². The average Bonchev–Trinajstić information content (AvgIpc) is 3.25. The molecule has 1 N–H and O–H groups in total. The molecule has 2 aromatic carbocycles. The summed E-state index contributed by atoms with van der Waals surface area (Å²) in [6.07, 6.45) is -1.07. The van der Waals surface area contributed by atoms with Crippen molar-refractivity contribution in [1.82, 2.24) is 10.2 Å². The third-order valence-electron chi connectivity index (χ3n) is 7.79. The molecular formula is C31H39FN2O7. The highest BCUT2D eigenvalue weighted by atomic mass is 19.1.